The first-order chi connectivity index (χ1) is 16.5. The fourth-order valence-electron chi connectivity index (χ4n) is 3.70. The first-order valence-corrected chi connectivity index (χ1v) is 12.0. The molecule has 196 valence electrons. The molecule has 2 rings (SSSR count). The molecule has 8 nitrogen and oxygen atoms in total. The molecular formula is C27H36ClN3O5. The Bertz CT molecular complexity index is 1110. The van der Waals surface area contributed by atoms with Gasteiger partial charge in [0, 0.05) is 5.54 Å². The minimum absolute atomic E-state index is 0.0695. The van der Waals surface area contributed by atoms with E-state index >= 15 is 0 Å². The van der Waals surface area contributed by atoms with E-state index in [1.807, 2.05) is 13.0 Å². The van der Waals surface area contributed by atoms with E-state index in [4.69, 9.17) is 16.3 Å². The van der Waals surface area contributed by atoms with Gasteiger partial charge in [-0.05, 0) is 90.3 Å². The normalized spacial score (nSPS) is 12.5. The van der Waals surface area contributed by atoms with Crippen molar-refractivity contribution in [3.05, 3.63) is 58.1 Å². The maximum atomic E-state index is 13.8. The fraction of sp³-hybridized carbons (Fsp3) is 0.444. The van der Waals surface area contributed by atoms with Crippen molar-refractivity contribution in [2.45, 2.75) is 72.6 Å². The Morgan fingerprint density at radius 1 is 1.03 bits per heavy atom. The number of phenolic OH excluding ortho intramolecular Hbond substituents is 1. The summed E-state index contributed by atoms with van der Waals surface area (Å²) >= 11 is 6.35. The highest BCUT2D eigenvalue weighted by atomic mass is 35.5. The highest BCUT2D eigenvalue weighted by Gasteiger charge is 2.39. The Hall–Kier alpha value is -3.26. The van der Waals surface area contributed by atoms with Crippen LogP contribution in [0.25, 0.3) is 0 Å². The lowest BCUT2D eigenvalue weighted by atomic mass is 9.95. The van der Waals surface area contributed by atoms with Gasteiger partial charge in [0.1, 0.15) is 23.9 Å². The van der Waals surface area contributed by atoms with Crippen LogP contribution >= 0.6 is 11.6 Å². The summed E-state index contributed by atoms with van der Waals surface area (Å²) in [5.74, 6) is -0.910. The minimum atomic E-state index is -1.09. The van der Waals surface area contributed by atoms with Gasteiger partial charge in [0.25, 0.3) is 5.91 Å². The second-order valence-corrected chi connectivity index (χ2v) is 11.1. The summed E-state index contributed by atoms with van der Waals surface area (Å²) in [6, 6.07) is 8.91. The van der Waals surface area contributed by atoms with Gasteiger partial charge in [-0.3, -0.25) is 9.59 Å². The molecule has 0 fully saturated rings. The van der Waals surface area contributed by atoms with E-state index in [2.05, 4.69) is 10.6 Å². The van der Waals surface area contributed by atoms with Crippen molar-refractivity contribution in [1.82, 2.24) is 10.2 Å². The number of phenols is 1. The highest BCUT2D eigenvalue weighted by Crippen LogP contribution is 2.34. The van der Waals surface area contributed by atoms with Crippen LogP contribution < -0.4 is 10.6 Å². The van der Waals surface area contributed by atoms with Gasteiger partial charge in [0.05, 0.1) is 10.7 Å². The minimum Gasteiger partial charge on any atom is -0.508 e. The van der Waals surface area contributed by atoms with E-state index in [1.165, 1.54) is 11.0 Å². The van der Waals surface area contributed by atoms with Gasteiger partial charge in [0.15, 0.2) is 0 Å². The molecule has 1 unspecified atom stereocenters. The monoisotopic (exact) mass is 517 g/mol. The molecule has 3 N–H and O–H groups in total. The van der Waals surface area contributed by atoms with E-state index in [1.54, 1.807) is 72.7 Å². The number of benzene rings is 2. The Kier molecular flexibility index (Phi) is 9.02. The molecule has 2 aromatic rings. The Morgan fingerprint density at radius 2 is 1.67 bits per heavy atom. The number of carbonyl (C=O) groups is 3. The number of halogens is 1. The van der Waals surface area contributed by atoms with Crippen LogP contribution in [0.4, 0.5) is 10.5 Å². The van der Waals surface area contributed by atoms with Crippen molar-refractivity contribution in [2.75, 3.05) is 11.9 Å². The SMILES string of the molecule is Cc1cc(C(C(=O)Nc2c(C)cccc2Cl)N(C(=O)CNC(=O)OC(C)(C)C)C(C)(C)C)ccc1O. The van der Waals surface area contributed by atoms with Crippen molar-refractivity contribution >= 4 is 35.2 Å². The first kappa shape index (κ1) is 29.0. The van der Waals surface area contributed by atoms with Gasteiger partial charge >= 0.3 is 6.09 Å². The predicted octanol–water partition coefficient (Wildman–Crippen LogP) is 5.49. The number of rotatable bonds is 6. The number of para-hydroxylation sites is 1. The third-order valence-corrected chi connectivity index (χ3v) is 5.60. The van der Waals surface area contributed by atoms with Gasteiger partial charge in [-0.25, -0.2) is 4.79 Å². The Labute approximate surface area is 218 Å². The number of hydrogen-bond acceptors (Lipinski definition) is 5. The second-order valence-electron chi connectivity index (χ2n) is 10.7. The molecule has 0 bridgehead atoms. The summed E-state index contributed by atoms with van der Waals surface area (Å²) in [5, 5.41) is 15.8. The van der Waals surface area contributed by atoms with Crippen LogP contribution in [0, 0.1) is 13.8 Å². The van der Waals surface area contributed by atoms with Gasteiger partial charge in [-0.1, -0.05) is 29.8 Å². The van der Waals surface area contributed by atoms with Gasteiger partial charge < -0.3 is 25.4 Å². The van der Waals surface area contributed by atoms with Crippen LogP contribution in [0.1, 0.15) is 64.3 Å². The molecule has 9 heteroatoms. The molecule has 0 spiro atoms. The molecule has 2 aromatic carbocycles. The summed E-state index contributed by atoms with van der Waals surface area (Å²) in [5.41, 5.74) is 0.695. The molecule has 0 aromatic heterocycles. The largest absolute Gasteiger partial charge is 0.508 e. The lowest BCUT2D eigenvalue weighted by Crippen LogP contribution is -2.54. The van der Waals surface area contributed by atoms with E-state index in [0.29, 0.717) is 21.8 Å². The second kappa shape index (κ2) is 11.2. The summed E-state index contributed by atoms with van der Waals surface area (Å²) < 4.78 is 5.24. The summed E-state index contributed by atoms with van der Waals surface area (Å²) in [4.78, 5) is 40.9. The van der Waals surface area contributed by atoms with Crippen LogP contribution in [0.3, 0.4) is 0 Å². The first-order valence-electron chi connectivity index (χ1n) is 11.7. The number of ether oxygens (including phenoxy) is 1. The average molecular weight is 518 g/mol. The lowest BCUT2D eigenvalue weighted by Gasteiger charge is -2.41. The van der Waals surface area contributed by atoms with Crippen LogP contribution in [-0.4, -0.2) is 45.6 Å². The molecule has 0 aliphatic rings. The topological polar surface area (TPSA) is 108 Å². The van der Waals surface area contributed by atoms with Crippen LogP contribution in [0.5, 0.6) is 5.75 Å². The molecule has 0 aliphatic carbocycles. The molecule has 0 aliphatic heterocycles. The standard InChI is InChI=1S/C27H36ClN3O5/c1-16-10-9-11-19(28)22(16)30-24(34)23(18-12-13-20(32)17(2)14-18)31(26(3,4)5)21(33)15-29-25(35)36-27(6,7)8/h9-14,23,32H,15H2,1-8H3,(H,29,35)(H,30,34). The molecule has 1 atom stereocenters. The summed E-state index contributed by atoms with van der Waals surface area (Å²) in [6.07, 6.45) is -0.738. The third kappa shape index (κ3) is 7.62. The molecule has 0 radical (unpaired) electrons. The molecule has 0 saturated carbocycles. The van der Waals surface area contributed by atoms with Crippen molar-refractivity contribution in [2.24, 2.45) is 0 Å². The number of nitrogens with one attached hydrogen (secondary N) is 2. The summed E-state index contributed by atoms with van der Waals surface area (Å²) in [6.45, 7) is 13.7. The lowest BCUT2D eigenvalue weighted by molar-refractivity contribution is -0.144. The summed E-state index contributed by atoms with van der Waals surface area (Å²) in [7, 11) is 0. The smallest absolute Gasteiger partial charge is 0.408 e. The third-order valence-electron chi connectivity index (χ3n) is 5.29. The maximum Gasteiger partial charge on any atom is 0.408 e. The van der Waals surface area contributed by atoms with Gasteiger partial charge in [-0.2, -0.15) is 0 Å². The number of amides is 3. The van der Waals surface area contributed by atoms with Gasteiger partial charge in [0.2, 0.25) is 5.91 Å². The van der Waals surface area contributed by atoms with E-state index in [-0.39, 0.29) is 12.3 Å². The van der Waals surface area contributed by atoms with Crippen molar-refractivity contribution in [1.29, 1.82) is 0 Å². The van der Waals surface area contributed by atoms with E-state index in [0.717, 1.165) is 5.56 Å². The zero-order chi connectivity index (χ0) is 27.4. The van der Waals surface area contributed by atoms with Crippen molar-refractivity contribution in [3.63, 3.8) is 0 Å². The number of hydrogen-bond donors (Lipinski definition) is 3. The molecular weight excluding hydrogens is 482 g/mol. The Balaban J connectivity index is 2.50. The Morgan fingerprint density at radius 3 is 2.19 bits per heavy atom. The zero-order valence-corrected chi connectivity index (χ0v) is 22.9. The average Bonchev–Trinajstić information content (AvgIpc) is 2.73. The van der Waals surface area contributed by atoms with E-state index in [9.17, 15) is 19.5 Å². The zero-order valence-electron chi connectivity index (χ0n) is 22.2. The van der Waals surface area contributed by atoms with Crippen LogP contribution in [-0.2, 0) is 14.3 Å². The number of aromatic hydroxyl groups is 1. The highest BCUT2D eigenvalue weighted by molar-refractivity contribution is 6.34. The molecule has 3 amide bonds. The molecule has 0 heterocycles. The number of alkyl carbamates (subject to hydrolysis) is 1. The quantitative estimate of drug-likeness (QED) is 0.469. The number of nitrogens with zero attached hydrogens (tertiary/aromatic N) is 1. The predicted molar refractivity (Wildman–Crippen MR) is 141 cm³/mol. The van der Waals surface area contributed by atoms with Crippen molar-refractivity contribution in [3.8, 4) is 5.75 Å². The fourth-order valence-corrected chi connectivity index (χ4v) is 3.97. The van der Waals surface area contributed by atoms with Crippen LogP contribution in [0.2, 0.25) is 5.02 Å². The molecule has 0 saturated heterocycles. The maximum absolute atomic E-state index is 13.8. The number of carbonyl (C=O) groups excluding carboxylic acids is 3. The van der Waals surface area contributed by atoms with E-state index < -0.39 is 35.1 Å². The van der Waals surface area contributed by atoms with Crippen LogP contribution in [0.15, 0.2) is 36.4 Å². The van der Waals surface area contributed by atoms with Crippen molar-refractivity contribution < 1.29 is 24.2 Å². The number of aryl methyl sites for hydroxylation is 2. The van der Waals surface area contributed by atoms with Gasteiger partial charge in [-0.15, -0.1) is 0 Å². The number of anilines is 1. The molecule has 36 heavy (non-hydrogen) atoms.